The molecule has 134 valence electrons. The van der Waals surface area contributed by atoms with Crippen LogP contribution in [0.3, 0.4) is 0 Å². The second-order valence-electron chi connectivity index (χ2n) is 6.55. The molecule has 1 saturated heterocycles. The summed E-state index contributed by atoms with van der Waals surface area (Å²) in [4.78, 5) is 22.5. The maximum atomic E-state index is 12.4. The summed E-state index contributed by atoms with van der Waals surface area (Å²) in [6, 6.07) is 10.0. The van der Waals surface area contributed by atoms with Crippen molar-refractivity contribution in [3.8, 4) is 10.6 Å². The Morgan fingerprint density at radius 2 is 1.92 bits per heavy atom. The van der Waals surface area contributed by atoms with E-state index in [0.717, 1.165) is 60.3 Å². The molecule has 5 nitrogen and oxygen atoms in total. The van der Waals surface area contributed by atoms with Crippen LogP contribution in [0, 0.1) is 6.92 Å². The summed E-state index contributed by atoms with van der Waals surface area (Å²) in [6.07, 6.45) is 0.985. The predicted octanol–water partition coefficient (Wildman–Crippen LogP) is 2.49. The average Bonchev–Trinajstić information content (AvgIpc) is 3.03. The third-order valence-electron chi connectivity index (χ3n) is 4.56. The first-order valence-corrected chi connectivity index (χ1v) is 9.67. The van der Waals surface area contributed by atoms with Crippen molar-refractivity contribution < 1.29 is 4.79 Å². The van der Waals surface area contributed by atoms with E-state index < -0.39 is 0 Å². The van der Waals surface area contributed by atoms with Crippen molar-refractivity contribution in [3.63, 3.8) is 0 Å². The molecular formula is C19H26N4OS. The van der Waals surface area contributed by atoms with Crippen LogP contribution < -0.4 is 5.32 Å². The van der Waals surface area contributed by atoms with Crippen molar-refractivity contribution in [2.75, 3.05) is 46.3 Å². The van der Waals surface area contributed by atoms with Crippen molar-refractivity contribution in [1.82, 2.24) is 20.1 Å². The van der Waals surface area contributed by atoms with Gasteiger partial charge >= 0.3 is 0 Å². The molecule has 0 bridgehead atoms. The smallest absolute Gasteiger partial charge is 0.263 e. The van der Waals surface area contributed by atoms with Gasteiger partial charge in [-0.05, 0) is 26.9 Å². The third-order valence-corrected chi connectivity index (χ3v) is 5.76. The van der Waals surface area contributed by atoms with Crippen molar-refractivity contribution in [3.05, 3.63) is 40.9 Å². The molecule has 0 spiro atoms. The van der Waals surface area contributed by atoms with Gasteiger partial charge in [-0.1, -0.05) is 30.3 Å². The fraction of sp³-hybridized carbons (Fsp3) is 0.474. The fourth-order valence-electron chi connectivity index (χ4n) is 2.97. The topological polar surface area (TPSA) is 48.5 Å². The lowest BCUT2D eigenvalue weighted by Gasteiger charge is -2.32. The van der Waals surface area contributed by atoms with Gasteiger partial charge in [-0.15, -0.1) is 11.3 Å². The molecule has 2 aromatic rings. The number of hydrogen-bond donors (Lipinski definition) is 1. The molecule has 3 rings (SSSR count). The number of amides is 1. The highest BCUT2D eigenvalue weighted by Crippen LogP contribution is 2.27. The number of carbonyl (C=O) groups excluding carboxylic acids is 1. The van der Waals surface area contributed by atoms with E-state index in [9.17, 15) is 4.79 Å². The Balaban J connectivity index is 1.48. The van der Waals surface area contributed by atoms with Crippen LogP contribution in [0.1, 0.15) is 21.8 Å². The zero-order valence-corrected chi connectivity index (χ0v) is 15.8. The number of piperazine rings is 1. The van der Waals surface area contributed by atoms with Crippen molar-refractivity contribution in [2.24, 2.45) is 0 Å². The summed E-state index contributed by atoms with van der Waals surface area (Å²) in [7, 11) is 2.17. The molecular weight excluding hydrogens is 332 g/mol. The molecule has 6 heteroatoms. The molecule has 0 saturated carbocycles. The monoisotopic (exact) mass is 358 g/mol. The van der Waals surface area contributed by atoms with E-state index in [4.69, 9.17) is 0 Å². The van der Waals surface area contributed by atoms with Gasteiger partial charge in [-0.2, -0.15) is 0 Å². The van der Waals surface area contributed by atoms with Crippen LogP contribution in [0.25, 0.3) is 10.6 Å². The highest BCUT2D eigenvalue weighted by Gasteiger charge is 2.16. The molecule has 1 N–H and O–H groups in total. The van der Waals surface area contributed by atoms with E-state index in [0.29, 0.717) is 6.54 Å². The summed E-state index contributed by atoms with van der Waals surface area (Å²) < 4.78 is 0. The lowest BCUT2D eigenvalue weighted by Crippen LogP contribution is -2.45. The summed E-state index contributed by atoms with van der Waals surface area (Å²) in [5.41, 5.74) is 1.87. The van der Waals surface area contributed by atoms with Crippen LogP contribution in [0.5, 0.6) is 0 Å². The number of thiazole rings is 1. The first-order chi connectivity index (χ1) is 12.1. The summed E-state index contributed by atoms with van der Waals surface area (Å²) in [6.45, 7) is 8.18. The Morgan fingerprint density at radius 3 is 2.64 bits per heavy atom. The Bertz CT molecular complexity index is 693. The molecule has 1 aliphatic rings. The summed E-state index contributed by atoms with van der Waals surface area (Å²) >= 11 is 1.47. The Hall–Kier alpha value is -1.76. The first kappa shape index (κ1) is 18.0. The molecule has 1 amide bonds. The zero-order chi connectivity index (χ0) is 17.6. The number of carbonyl (C=O) groups is 1. The number of likely N-dealkylation sites (N-methyl/N-ethyl adjacent to an activating group) is 1. The minimum Gasteiger partial charge on any atom is -0.351 e. The van der Waals surface area contributed by atoms with E-state index in [2.05, 4.69) is 27.1 Å². The van der Waals surface area contributed by atoms with Crippen LogP contribution in [0.2, 0.25) is 0 Å². The van der Waals surface area contributed by atoms with Crippen molar-refractivity contribution >= 4 is 17.2 Å². The predicted molar refractivity (Wildman–Crippen MR) is 103 cm³/mol. The van der Waals surface area contributed by atoms with Gasteiger partial charge in [0.2, 0.25) is 0 Å². The van der Waals surface area contributed by atoms with Crippen molar-refractivity contribution in [2.45, 2.75) is 13.3 Å². The number of aromatic nitrogens is 1. The number of nitrogens with one attached hydrogen (secondary N) is 1. The number of aryl methyl sites for hydroxylation is 1. The Labute approximate surface area is 153 Å². The summed E-state index contributed by atoms with van der Waals surface area (Å²) in [5.74, 6) is -0.00411. The van der Waals surface area contributed by atoms with Gasteiger partial charge in [0.1, 0.15) is 9.88 Å². The Morgan fingerprint density at radius 1 is 1.20 bits per heavy atom. The van der Waals surface area contributed by atoms with Crippen LogP contribution in [0.15, 0.2) is 30.3 Å². The molecule has 0 unspecified atom stereocenters. The maximum absolute atomic E-state index is 12.4. The highest BCUT2D eigenvalue weighted by atomic mass is 32.1. The summed E-state index contributed by atoms with van der Waals surface area (Å²) in [5, 5.41) is 3.95. The minimum atomic E-state index is -0.00411. The van der Waals surface area contributed by atoms with Gasteiger partial charge in [0.25, 0.3) is 5.91 Å². The second-order valence-corrected chi connectivity index (χ2v) is 7.55. The minimum absolute atomic E-state index is 0.00411. The van der Waals surface area contributed by atoms with Gasteiger partial charge in [0.15, 0.2) is 0 Å². The number of benzene rings is 1. The molecule has 1 aliphatic heterocycles. The molecule has 1 aromatic heterocycles. The molecule has 0 atom stereocenters. The fourth-order valence-corrected chi connectivity index (χ4v) is 3.96. The molecule has 0 radical (unpaired) electrons. The maximum Gasteiger partial charge on any atom is 0.263 e. The average molecular weight is 359 g/mol. The number of hydrogen-bond acceptors (Lipinski definition) is 5. The molecule has 25 heavy (non-hydrogen) atoms. The third kappa shape index (κ3) is 4.87. The van der Waals surface area contributed by atoms with E-state index in [1.54, 1.807) is 0 Å². The quantitative estimate of drug-likeness (QED) is 0.806. The largest absolute Gasteiger partial charge is 0.351 e. The van der Waals surface area contributed by atoms with Crippen LogP contribution >= 0.6 is 11.3 Å². The normalized spacial score (nSPS) is 16.1. The molecule has 1 aromatic carbocycles. The van der Waals surface area contributed by atoms with Crippen LogP contribution in [-0.4, -0.2) is 67.0 Å². The van der Waals surface area contributed by atoms with Crippen LogP contribution in [0.4, 0.5) is 0 Å². The first-order valence-electron chi connectivity index (χ1n) is 8.85. The van der Waals surface area contributed by atoms with Gasteiger partial charge < -0.3 is 15.1 Å². The van der Waals surface area contributed by atoms with Gasteiger partial charge in [0, 0.05) is 38.3 Å². The lowest BCUT2D eigenvalue weighted by molar-refractivity contribution is 0.0952. The SMILES string of the molecule is Cc1nc(-c2ccccc2)sc1C(=O)NCCCN1CCN(C)CC1. The Kier molecular flexibility index (Phi) is 6.18. The van der Waals surface area contributed by atoms with Gasteiger partial charge in [-0.3, -0.25) is 4.79 Å². The van der Waals surface area contributed by atoms with E-state index in [1.807, 2.05) is 37.3 Å². The second kappa shape index (κ2) is 8.56. The zero-order valence-electron chi connectivity index (χ0n) is 15.0. The molecule has 0 aliphatic carbocycles. The van der Waals surface area contributed by atoms with Crippen LogP contribution in [-0.2, 0) is 0 Å². The molecule has 2 heterocycles. The lowest BCUT2D eigenvalue weighted by atomic mass is 10.2. The van der Waals surface area contributed by atoms with E-state index in [-0.39, 0.29) is 5.91 Å². The van der Waals surface area contributed by atoms with Crippen molar-refractivity contribution in [1.29, 1.82) is 0 Å². The number of rotatable bonds is 6. The van der Waals surface area contributed by atoms with Gasteiger partial charge in [-0.25, -0.2) is 4.98 Å². The van der Waals surface area contributed by atoms with Gasteiger partial charge in [0.05, 0.1) is 5.69 Å². The number of nitrogens with zero attached hydrogens (tertiary/aromatic N) is 3. The van der Waals surface area contributed by atoms with E-state index in [1.165, 1.54) is 11.3 Å². The highest BCUT2D eigenvalue weighted by molar-refractivity contribution is 7.17. The standard InChI is InChI=1S/C19H26N4OS/c1-15-17(25-19(21-15)16-7-4-3-5-8-16)18(24)20-9-6-10-23-13-11-22(2)12-14-23/h3-5,7-8H,6,9-14H2,1-2H3,(H,20,24). The van der Waals surface area contributed by atoms with E-state index >= 15 is 0 Å². The molecule has 1 fully saturated rings.